The molecular formula is C20H25ClN4O. The SMILES string of the molecule is CC(CN1CCN(c2cccc(Cl)c2)CC1)Nc1ccccc1C(N)=O. The largest absolute Gasteiger partial charge is 0.381 e. The Morgan fingerprint density at radius 3 is 2.58 bits per heavy atom. The lowest BCUT2D eigenvalue weighted by Crippen LogP contribution is -2.49. The zero-order valence-electron chi connectivity index (χ0n) is 15.0. The highest BCUT2D eigenvalue weighted by Gasteiger charge is 2.19. The molecule has 0 aliphatic carbocycles. The zero-order chi connectivity index (χ0) is 18.5. The summed E-state index contributed by atoms with van der Waals surface area (Å²) in [6, 6.07) is 15.6. The van der Waals surface area contributed by atoms with Gasteiger partial charge in [0.15, 0.2) is 0 Å². The van der Waals surface area contributed by atoms with E-state index in [1.54, 1.807) is 6.07 Å². The van der Waals surface area contributed by atoms with Gasteiger partial charge in [0.2, 0.25) is 0 Å². The van der Waals surface area contributed by atoms with Gasteiger partial charge in [-0.05, 0) is 37.3 Å². The molecule has 6 heteroatoms. The predicted molar refractivity (Wildman–Crippen MR) is 108 cm³/mol. The average molecular weight is 373 g/mol. The van der Waals surface area contributed by atoms with Crippen LogP contribution in [0.15, 0.2) is 48.5 Å². The van der Waals surface area contributed by atoms with Crippen molar-refractivity contribution < 1.29 is 4.79 Å². The molecule has 1 aliphatic rings. The lowest BCUT2D eigenvalue weighted by molar-refractivity contribution is 0.100. The summed E-state index contributed by atoms with van der Waals surface area (Å²) in [4.78, 5) is 16.3. The fraction of sp³-hybridized carbons (Fsp3) is 0.350. The van der Waals surface area contributed by atoms with E-state index in [0.717, 1.165) is 43.4 Å². The van der Waals surface area contributed by atoms with Gasteiger partial charge in [-0.3, -0.25) is 9.69 Å². The molecular weight excluding hydrogens is 348 g/mol. The molecule has 1 atom stereocenters. The number of hydrogen-bond donors (Lipinski definition) is 2. The number of halogens is 1. The molecule has 3 rings (SSSR count). The Balaban J connectivity index is 1.52. The Labute approximate surface area is 159 Å². The summed E-state index contributed by atoms with van der Waals surface area (Å²) in [6.45, 7) is 6.99. The number of para-hydroxylation sites is 1. The van der Waals surface area contributed by atoms with Crippen molar-refractivity contribution in [3.8, 4) is 0 Å². The van der Waals surface area contributed by atoms with Crippen LogP contribution in [0.4, 0.5) is 11.4 Å². The maximum Gasteiger partial charge on any atom is 0.250 e. The maximum atomic E-state index is 11.5. The van der Waals surface area contributed by atoms with E-state index in [0.29, 0.717) is 5.56 Å². The summed E-state index contributed by atoms with van der Waals surface area (Å²) < 4.78 is 0. The number of rotatable bonds is 6. The van der Waals surface area contributed by atoms with Crippen molar-refractivity contribution in [2.45, 2.75) is 13.0 Å². The summed E-state index contributed by atoms with van der Waals surface area (Å²) in [5, 5.41) is 4.19. The minimum absolute atomic E-state index is 0.216. The molecule has 1 saturated heterocycles. The molecule has 1 fully saturated rings. The maximum absolute atomic E-state index is 11.5. The van der Waals surface area contributed by atoms with Crippen molar-refractivity contribution in [3.05, 3.63) is 59.1 Å². The van der Waals surface area contributed by atoms with E-state index in [1.807, 2.05) is 36.4 Å². The number of carbonyl (C=O) groups excluding carboxylic acids is 1. The first-order valence-corrected chi connectivity index (χ1v) is 9.29. The lowest BCUT2D eigenvalue weighted by atomic mass is 10.1. The first-order chi connectivity index (χ1) is 12.5. The van der Waals surface area contributed by atoms with Crippen LogP contribution in [0.1, 0.15) is 17.3 Å². The van der Waals surface area contributed by atoms with E-state index in [9.17, 15) is 4.79 Å². The van der Waals surface area contributed by atoms with Gasteiger partial charge in [-0.1, -0.05) is 29.8 Å². The lowest BCUT2D eigenvalue weighted by Gasteiger charge is -2.37. The van der Waals surface area contributed by atoms with Gasteiger partial charge in [-0.2, -0.15) is 0 Å². The summed E-state index contributed by atoms with van der Waals surface area (Å²) in [6.07, 6.45) is 0. The van der Waals surface area contributed by atoms with Gasteiger partial charge in [0, 0.05) is 55.2 Å². The predicted octanol–water partition coefficient (Wildman–Crippen LogP) is 3.06. The third kappa shape index (κ3) is 4.68. The van der Waals surface area contributed by atoms with Gasteiger partial charge in [-0.25, -0.2) is 0 Å². The molecule has 138 valence electrons. The number of benzene rings is 2. The summed E-state index contributed by atoms with van der Waals surface area (Å²) in [7, 11) is 0. The number of piperazine rings is 1. The van der Waals surface area contributed by atoms with Crippen molar-refractivity contribution >= 4 is 28.9 Å². The van der Waals surface area contributed by atoms with Gasteiger partial charge in [0.25, 0.3) is 5.91 Å². The Morgan fingerprint density at radius 1 is 1.15 bits per heavy atom. The van der Waals surface area contributed by atoms with Crippen LogP contribution in [0.5, 0.6) is 0 Å². The zero-order valence-corrected chi connectivity index (χ0v) is 15.7. The van der Waals surface area contributed by atoms with E-state index in [4.69, 9.17) is 17.3 Å². The number of hydrogen-bond acceptors (Lipinski definition) is 4. The molecule has 0 radical (unpaired) electrons. The molecule has 26 heavy (non-hydrogen) atoms. The molecule has 0 spiro atoms. The Bertz CT molecular complexity index is 759. The molecule has 0 bridgehead atoms. The monoisotopic (exact) mass is 372 g/mol. The van der Waals surface area contributed by atoms with Crippen LogP contribution in [0, 0.1) is 0 Å². The number of carbonyl (C=O) groups is 1. The van der Waals surface area contributed by atoms with Crippen LogP contribution >= 0.6 is 11.6 Å². The molecule has 2 aromatic rings. The van der Waals surface area contributed by atoms with Crippen LogP contribution < -0.4 is 16.0 Å². The summed E-state index contributed by atoms with van der Waals surface area (Å²) in [5.41, 5.74) is 7.96. The normalized spacial score (nSPS) is 16.3. The smallest absolute Gasteiger partial charge is 0.250 e. The van der Waals surface area contributed by atoms with E-state index >= 15 is 0 Å². The molecule has 3 N–H and O–H groups in total. The number of primary amides is 1. The van der Waals surface area contributed by atoms with Crippen molar-refractivity contribution in [1.82, 2.24) is 4.90 Å². The first-order valence-electron chi connectivity index (χ1n) is 8.91. The number of nitrogens with zero attached hydrogens (tertiary/aromatic N) is 2. The second-order valence-corrected chi connectivity index (χ2v) is 7.16. The third-order valence-electron chi connectivity index (χ3n) is 4.67. The van der Waals surface area contributed by atoms with Gasteiger partial charge < -0.3 is 16.0 Å². The van der Waals surface area contributed by atoms with Crippen molar-refractivity contribution in [2.24, 2.45) is 5.73 Å². The molecule has 1 amide bonds. The van der Waals surface area contributed by atoms with E-state index in [-0.39, 0.29) is 6.04 Å². The number of anilines is 2. The fourth-order valence-electron chi connectivity index (χ4n) is 3.38. The van der Waals surface area contributed by atoms with Crippen LogP contribution in [0.2, 0.25) is 5.02 Å². The van der Waals surface area contributed by atoms with Gasteiger partial charge in [0.1, 0.15) is 0 Å². The Hall–Kier alpha value is -2.24. The quantitative estimate of drug-likeness (QED) is 0.818. The van der Waals surface area contributed by atoms with Gasteiger partial charge >= 0.3 is 0 Å². The minimum Gasteiger partial charge on any atom is -0.381 e. The molecule has 0 saturated carbocycles. The number of nitrogens with one attached hydrogen (secondary N) is 1. The second kappa shape index (κ2) is 8.43. The average Bonchev–Trinajstić information content (AvgIpc) is 2.62. The fourth-order valence-corrected chi connectivity index (χ4v) is 3.57. The highest BCUT2D eigenvalue weighted by Crippen LogP contribution is 2.21. The van der Waals surface area contributed by atoms with Crippen LogP contribution in [-0.2, 0) is 0 Å². The standard InChI is InChI=1S/C20H25ClN4O/c1-15(23-19-8-3-2-7-18(19)20(22)26)14-24-9-11-25(12-10-24)17-6-4-5-16(21)13-17/h2-8,13,15,23H,9-12,14H2,1H3,(H2,22,26). The number of amides is 1. The van der Waals surface area contributed by atoms with Crippen LogP contribution in [0.3, 0.4) is 0 Å². The summed E-state index contributed by atoms with van der Waals surface area (Å²) in [5.74, 6) is -0.407. The third-order valence-corrected chi connectivity index (χ3v) is 4.91. The second-order valence-electron chi connectivity index (χ2n) is 6.72. The molecule has 2 aromatic carbocycles. The summed E-state index contributed by atoms with van der Waals surface area (Å²) >= 11 is 6.10. The molecule has 0 aromatic heterocycles. The van der Waals surface area contributed by atoms with Gasteiger partial charge in [0.05, 0.1) is 5.56 Å². The number of nitrogens with two attached hydrogens (primary N) is 1. The molecule has 1 heterocycles. The Kier molecular flexibility index (Phi) is 6.01. The Morgan fingerprint density at radius 2 is 1.88 bits per heavy atom. The topological polar surface area (TPSA) is 61.6 Å². The van der Waals surface area contributed by atoms with Crippen molar-refractivity contribution in [2.75, 3.05) is 42.9 Å². The van der Waals surface area contributed by atoms with E-state index < -0.39 is 5.91 Å². The van der Waals surface area contributed by atoms with Crippen LogP contribution in [-0.4, -0.2) is 49.6 Å². The molecule has 5 nitrogen and oxygen atoms in total. The van der Waals surface area contributed by atoms with Crippen LogP contribution in [0.25, 0.3) is 0 Å². The molecule has 1 unspecified atom stereocenters. The minimum atomic E-state index is -0.407. The molecule has 1 aliphatic heterocycles. The highest BCUT2D eigenvalue weighted by atomic mass is 35.5. The first kappa shape index (κ1) is 18.5. The van der Waals surface area contributed by atoms with E-state index in [2.05, 4.69) is 28.1 Å². The van der Waals surface area contributed by atoms with Gasteiger partial charge in [-0.15, -0.1) is 0 Å². The van der Waals surface area contributed by atoms with E-state index in [1.165, 1.54) is 5.69 Å². The highest BCUT2D eigenvalue weighted by molar-refractivity contribution is 6.30. The van der Waals surface area contributed by atoms with Crippen molar-refractivity contribution in [1.29, 1.82) is 0 Å². The van der Waals surface area contributed by atoms with Crippen molar-refractivity contribution in [3.63, 3.8) is 0 Å².